The zero-order valence-corrected chi connectivity index (χ0v) is 13.7. The highest BCUT2D eigenvalue weighted by Crippen LogP contribution is 2.35. The number of rotatable bonds is 4. The molecule has 3 unspecified atom stereocenters. The van der Waals surface area contributed by atoms with E-state index in [4.69, 9.17) is 5.84 Å². The molecule has 3 nitrogen and oxygen atoms in total. The Hall–Kier alpha value is -0.550. The maximum absolute atomic E-state index is 5.92. The Morgan fingerprint density at radius 3 is 3.10 bits per heavy atom. The lowest BCUT2D eigenvalue weighted by atomic mass is 9.78. The fourth-order valence-corrected chi connectivity index (χ4v) is 5.18. The molecule has 0 spiro atoms. The van der Waals surface area contributed by atoms with Crippen molar-refractivity contribution >= 4 is 11.8 Å². The van der Waals surface area contributed by atoms with Gasteiger partial charge in [0.25, 0.3) is 0 Å². The van der Waals surface area contributed by atoms with Crippen molar-refractivity contribution in [3.63, 3.8) is 0 Å². The van der Waals surface area contributed by atoms with Crippen LogP contribution in [0.4, 0.5) is 0 Å². The molecule has 0 saturated carbocycles. The van der Waals surface area contributed by atoms with Crippen molar-refractivity contribution in [2.45, 2.75) is 43.7 Å². The molecule has 4 heteroatoms. The molecule has 1 aliphatic heterocycles. The van der Waals surface area contributed by atoms with Crippen LogP contribution in [-0.4, -0.2) is 42.1 Å². The fraction of sp³-hybridized carbons (Fsp3) is 0.647. The van der Waals surface area contributed by atoms with Gasteiger partial charge in [0.15, 0.2) is 0 Å². The molecular weight excluding hydrogens is 278 g/mol. The van der Waals surface area contributed by atoms with Gasteiger partial charge in [-0.15, -0.1) is 0 Å². The normalized spacial score (nSPS) is 28.1. The largest absolute Gasteiger partial charge is 0.300 e. The lowest BCUT2D eigenvalue weighted by Gasteiger charge is -2.39. The molecule has 1 aromatic rings. The second-order valence-electron chi connectivity index (χ2n) is 6.42. The SMILES string of the molecule is CN1CCSCC1C(CC1CCCc2ccccc21)NN. The third-order valence-electron chi connectivity index (χ3n) is 5.15. The molecule has 21 heavy (non-hydrogen) atoms. The average Bonchev–Trinajstić information content (AvgIpc) is 2.53. The van der Waals surface area contributed by atoms with E-state index in [1.807, 2.05) is 0 Å². The molecule has 2 aliphatic rings. The molecule has 3 N–H and O–H groups in total. The van der Waals surface area contributed by atoms with E-state index in [2.05, 4.69) is 53.4 Å². The van der Waals surface area contributed by atoms with E-state index in [0.29, 0.717) is 18.0 Å². The Labute approximate surface area is 132 Å². The van der Waals surface area contributed by atoms with E-state index in [0.717, 1.165) is 6.42 Å². The molecule has 1 saturated heterocycles. The molecule has 3 rings (SSSR count). The molecule has 1 heterocycles. The number of hydrogen-bond donors (Lipinski definition) is 2. The number of benzene rings is 1. The Balaban J connectivity index is 1.72. The van der Waals surface area contributed by atoms with Crippen LogP contribution in [-0.2, 0) is 6.42 Å². The van der Waals surface area contributed by atoms with Crippen LogP contribution in [0.3, 0.4) is 0 Å². The zero-order valence-electron chi connectivity index (χ0n) is 12.9. The molecule has 1 fully saturated rings. The van der Waals surface area contributed by atoms with Crippen molar-refractivity contribution in [1.82, 2.24) is 10.3 Å². The summed E-state index contributed by atoms with van der Waals surface area (Å²) in [6, 6.07) is 9.93. The minimum absolute atomic E-state index is 0.388. The molecule has 1 aliphatic carbocycles. The van der Waals surface area contributed by atoms with Crippen LogP contribution >= 0.6 is 11.8 Å². The number of thioether (sulfide) groups is 1. The van der Waals surface area contributed by atoms with Crippen molar-refractivity contribution in [2.24, 2.45) is 5.84 Å². The van der Waals surface area contributed by atoms with E-state index >= 15 is 0 Å². The smallest absolute Gasteiger partial charge is 0.0379 e. The second kappa shape index (κ2) is 7.14. The number of fused-ring (bicyclic) bond motifs is 1. The van der Waals surface area contributed by atoms with Gasteiger partial charge >= 0.3 is 0 Å². The standard InChI is InChI=1S/C17H27N3S/c1-20-9-10-21-12-17(20)16(19-18)11-14-7-4-6-13-5-2-3-8-15(13)14/h2-3,5,8,14,16-17,19H,4,6-7,9-12,18H2,1H3. The molecule has 3 atom stereocenters. The molecular formula is C17H27N3S. The number of nitrogens with two attached hydrogens (primary N) is 1. The van der Waals surface area contributed by atoms with Gasteiger partial charge < -0.3 is 4.90 Å². The third-order valence-corrected chi connectivity index (χ3v) is 6.20. The summed E-state index contributed by atoms with van der Waals surface area (Å²) in [6.07, 6.45) is 5.02. The molecule has 0 aromatic heterocycles. The van der Waals surface area contributed by atoms with Crippen LogP contribution < -0.4 is 11.3 Å². The Morgan fingerprint density at radius 2 is 2.29 bits per heavy atom. The molecule has 1 aromatic carbocycles. The topological polar surface area (TPSA) is 41.3 Å². The summed E-state index contributed by atoms with van der Waals surface area (Å²) in [5.41, 5.74) is 6.24. The Kier molecular flexibility index (Phi) is 5.22. The van der Waals surface area contributed by atoms with Crippen LogP contribution in [0.1, 0.15) is 36.3 Å². The summed E-state index contributed by atoms with van der Waals surface area (Å²) in [7, 11) is 2.24. The van der Waals surface area contributed by atoms with Crippen molar-refractivity contribution < 1.29 is 0 Å². The monoisotopic (exact) mass is 305 g/mol. The predicted molar refractivity (Wildman–Crippen MR) is 91.6 cm³/mol. The maximum atomic E-state index is 5.92. The summed E-state index contributed by atoms with van der Waals surface area (Å²) in [6.45, 7) is 1.18. The van der Waals surface area contributed by atoms with Crippen LogP contribution in [0.2, 0.25) is 0 Å². The lowest BCUT2D eigenvalue weighted by molar-refractivity contribution is 0.200. The van der Waals surface area contributed by atoms with E-state index in [1.165, 1.54) is 37.3 Å². The number of nitrogens with zero attached hydrogens (tertiary/aromatic N) is 1. The minimum atomic E-state index is 0.388. The summed E-state index contributed by atoms with van der Waals surface area (Å²) in [4.78, 5) is 2.48. The van der Waals surface area contributed by atoms with Crippen molar-refractivity contribution in [3.05, 3.63) is 35.4 Å². The molecule has 0 bridgehead atoms. The number of aryl methyl sites for hydroxylation is 1. The van der Waals surface area contributed by atoms with Crippen LogP contribution in [0.5, 0.6) is 0 Å². The Morgan fingerprint density at radius 1 is 1.43 bits per heavy atom. The summed E-state index contributed by atoms with van der Waals surface area (Å²) in [5, 5.41) is 0. The maximum Gasteiger partial charge on any atom is 0.0379 e. The number of hydrogen-bond acceptors (Lipinski definition) is 4. The Bertz CT molecular complexity index is 465. The summed E-state index contributed by atoms with van der Waals surface area (Å²) >= 11 is 2.06. The highest BCUT2D eigenvalue weighted by molar-refractivity contribution is 7.99. The first kappa shape index (κ1) is 15.3. The third kappa shape index (κ3) is 3.45. The van der Waals surface area contributed by atoms with Gasteiger partial charge in [-0.25, -0.2) is 0 Å². The predicted octanol–water partition coefficient (Wildman–Crippen LogP) is 2.38. The van der Waals surface area contributed by atoms with Crippen LogP contribution in [0.25, 0.3) is 0 Å². The van der Waals surface area contributed by atoms with Gasteiger partial charge in [0, 0.05) is 30.1 Å². The van der Waals surface area contributed by atoms with Gasteiger partial charge in [-0.2, -0.15) is 11.8 Å². The quantitative estimate of drug-likeness (QED) is 0.662. The van der Waals surface area contributed by atoms with Crippen LogP contribution in [0, 0.1) is 0 Å². The van der Waals surface area contributed by atoms with Gasteiger partial charge in [-0.05, 0) is 49.8 Å². The van der Waals surface area contributed by atoms with Gasteiger partial charge in [-0.3, -0.25) is 11.3 Å². The first-order valence-corrected chi connectivity index (χ1v) is 9.27. The van der Waals surface area contributed by atoms with Crippen LogP contribution in [0.15, 0.2) is 24.3 Å². The molecule has 0 radical (unpaired) electrons. The number of nitrogens with one attached hydrogen (secondary N) is 1. The first-order chi connectivity index (χ1) is 10.3. The van der Waals surface area contributed by atoms with Crippen molar-refractivity contribution in [1.29, 1.82) is 0 Å². The van der Waals surface area contributed by atoms with Gasteiger partial charge in [0.05, 0.1) is 0 Å². The van der Waals surface area contributed by atoms with E-state index in [1.54, 1.807) is 11.1 Å². The van der Waals surface area contributed by atoms with Gasteiger partial charge in [-0.1, -0.05) is 24.3 Å². The molecule has 116 valence electrons. The van der Waals surface area contributed by atoms with Gasteiger partial charge in [0.1, 0.15) is 0 Å². The van der Waals surface area contributed by atoms with Gasteiger partial charge in [0.2, 0.25) is 0 Å². The first-order valence-electron chi connectivity index (χ1n) is 8.11. The highest BCUT2D eigenvalue weighted by Gasteiger charge is 2.31. The van der Waals surface area contributed by atoms with E-state index < -0.39 is 0 Å². The van der Waals surface area contributed by atoms with Crippen molar-refractivity contribution in [2.75, 3.05) is 25.1 Å². The zero-order chi connectivity index (χ0) is 14.7. The van der Waals surface area contributed by atoms with Crippen molar-refractivity contribution in [3.8, 4) is 0 Å². The highest BCUT2D eigenvalue weighted by atomic mass is 32.2. The minimum Gasteiger partial charge on any atom is -0.300 e. The number of hydrazine groups is 1. The van der Waals surface area contributed by atoms with E-state index in [-0.39, 0.29) is 0 Å². The average molecular weight is 305 g/mol. The second-order valence-corrected chi connectivity index (χ2v) is 7.57. The lowest BCUT2D eigenvalue weighted by Crippen LogP contribution is -2.55. The molecule has 0 amide bonds. The summed E-state index contributed by atoms with van der Waals surface area (Å²) < 4.78 is 0. The van der Waals surface area contributed by atoms with E-state index in [9.17, 15) is 0 Å². The summed E-state index contributed by atoms with van der Waals surface area (Å²) in [5.74, 6) is 9.02. The fourth-order valence-electron chi connectivity index (χ4n) is 3.87. The number of likely N-dealkylation sites (N-methyl/N-ethyl adjacent to an activating group) is 1.